The van der Waals surface area contributed by atoms with Gasteiger partial charge in [-0.1, -0.05) is 27.5 Å². The molecule has 0 bridgehead atoms. The molecular formula is C11H7Br2ClN2O. The van der Waals surface area contributed by atoms with E-state index in [-0.39, 0.29) is 0 Å². The van der Waals surface area contributed by atoms with Crippen molar-refractivity contribution in [2.75, 3.05) is 5.73 Å². The van der Waals surface area contributed by atoms with Crippen molar-refractivity contribution in [3.63, 3.8) is 0 Å². The summed E-state index contributed by atoms with van der Waals surface area (Å²) in [6.45, 7) is 0. The topological polar surface area (TPSA) is 48.1 Å². The summed E-state index contributed by atoms with van der Waals surface area (Å²) in [5, 5.41) is 0.513. The van der Waals surface area contributed by atoms with E-state index >= 15 is 0 Å². The van der Waals surface area contributed by atoms with Gasteiger partial charge in [0.1, 0.15) is 5.75 Å². The van der Waals surface area contributed by atoms with Crippen LogP contribution in [0, 0.1) is 0 Å². The number of anilines is 1. The molecule has 0 radical (unpaired) electrons. The first-order valence-electron chi connectivity index (χ1n) is 4.60. The van der Waals surface area contributed by atoms with Crippen LogP contribution in [0.1, 0.15) is 0 Å². The Balaban J connectivity index is 2.34. The van der Waals surface area contributed by atoms with Crippen LogP contribution in [0.15, 0.2) is 39.4 Å². The van der Waals surface area contributed by atoms with Crippen molar-refractivity contribution in [1.82, 2.24) is 4.98 Å². The third kappa shape index (κ3) is 3.12. The van der Waals surface area contributed by atoms with Crippen LogP contribution in [0.3, 0.4) is 0 Å². The smallest absolute Gasteiger partial charge is 0.233 e. The average molecular weight is 378 g/mol. The van der Waals surface area contributed by atoms with Crippen LogP contribution >= 0.6 is 43.5 Å². The van der Waals surface area contributed by atoms with Crippen molar-refractivity contribution in [2.45, 2.75) is 0 Å². The summed E-state index contributed by atoms with van der Waals surface area (Å²) < 4.78 is 7.15. The Labute approximate surface area is 120 Å². The minimum absolute atomic E-state index is 0.416. The Bertz CT molecular complexity index is 563. The summed E-state index contributed by atoms with van der Waals surface area (Å²) in [7, 11) is 0. The van der Waals surface area contributed by atoms with Crippen LogP contribution in [0.2, 0.25) is 5.02 Å². The lowest BCUT2D eigenvalue weighted by Gasteiger charge is -2.08. The third-order valence-corrected chi connectivity index (χ3v) is 3.30. The number of ether oxygens (including phenoxy) is 1. The predicted octanol–water partition coefficient (Wildman–Crippen LogP) is 4.63. The fourth-order valence-corrected chi connectivity index (χ4v) is 2.12. The van der Waals surface area contributed by atoms with Gasteiger partial charge in [-0.25, -0.2) is 4.98 Å². The lowest BCUT2D eigenvalue weighted by molar-refractivity contribution is 0.460. The van der Waals surface area contributed by atoms with E-state index in [1.54, 1.807) is 18.2 Å². The van der Waals surface area contributed by atoms with Gasteiger partial charge in [-0.15, -0.1) is 0 Å². The molecule has 1 aromatic carbocycles. The normalized spacial score (nSPS) is 10.3. The highest BCUT2D eigenvalue weighted by Gasteiger charge is 2.08. The second-order valence-electron chi connectivity index (χ2n) is 3.23. The zero-order valence-corrected chi connectivity index (χ0v) is 12.4. The molecule has 0 aliphatic carbocycles. The number of rotatable bonds is 2. The molecule has 3 nitrogen and oxygen atoms in total. The Morgan fingerprint density at radius 1 is 1.24 bits per heavy atom. The molecule has 0 fully saturated rings. The number of hydrogen-bond acceptors (Lipinski definition) is 3. The van der Waals surface area contributed by atoms with Crippen LogP contribution in [-0.4, -0.2) is 4.98 Å². The van der Waals surface area contributed by atoms with Gasteiger partial charge in [0.15, 0.2) is 0 Å². The van der Waals surface area contributed by atoms with E-state index in [2.05, 4.69) is 36.8 Å². The summed E-state index contributed by atoms with van der Waals surface area (Å²) in [6.07, 6.45) is 1.52. The van der Waals surface area contributed by atoms with Gasteiger partial charge in [0.25, 0.3) is 0 Å². The van der Waals surface area contributed by atoms with Crippen molar-refractivity contribution < 1.29 is 4.74 Å². The first-order chi connectivity index (χ1) is 8.06. The lowest BCUT2D eigenvalue weighted by atomic mass is 10.3. The first kappa shape index (κ1) is 12.7. The lowest BCUT2D eigenvalue weighted by Crippen LogP contribution is -1.92. The van der Waals surface area contributed by atoms with Crippen molar-refractivity contribution in [2.24, 2.45) is 0 Å². The summed E-state index contributed by atoms with van der Waals surface area (Å²) in [6, 6.07) is 7.06. The SMILES string of the molecule is Nc1cnc(Oc2cc(Br)ccc2Cl)c(Br)c1. The number of halogens is 3. The maximum atomic E-state index is 6.02. The van der Waals surface area contributed by atoms with Gasteiger partial charge < -0.3 is 10.5 Å². The van der Waals surface area contributed by atoms with Crippen LogP contribution in [0.25, 0.3) is 0 Å². The van der Waals surface area contributed by atoms with Crippen molar-refractivity contribution in [1.29, 1.82) is 0 Å². The number of nitrogens with two attached hydrogens (primary N) is 1. The molecule has 0 spiro atoms. The van der Waals surface area contributed by atoms with Gasteiger partial charge in [-0.05, 0) is 40.2 Å². The van der Waals surface area contributed by atoms with E-state index in [9.17, 15) is 0 Å². The van der Waals surface area contributed by atoms with E-state index in [0.717, 1.165) is 4.47 Å². The molecule has 1 heterocycles. The number of nitrogen functional groups attached to an aromatic ring is 1. The molecule has 0 saturated carbocycles. The molecule has 2 N–H and O–H groups in total. The van der Waals surface area contributed by atoms with E-state index in [1.807, 2.05) is 6.07 Å². The monoisotopic (exact) mass is 376 g/mol. The average Bonchev–Trinajstić information content (AvgIpc) is 2.27. The molecule has 2 aromatic rings. The highest BCUT2D eigenvalue weighted by Crippen LogP contribution is 2.34. The van der Waals surface area contributed by atoms with E-state index in [4.69, 9.17) is 22.1 Å². The number of pyridine rings is 1. The highest BCUT2D eigenvalue weighted by molar-refractivity contribution is 9.10. The van der Waals surface area contributed by atoms with E-state index in [0.29, 0.717) is 26.8 Å². The number of hydrogen-bond donors (Lipinski definition) is 1. The molecule has 0 amide bonds. The van der Waals surface area contributed by atoms with Gasteiger partial charge in [0.05, 0.1) is 21.4 Å². The molecule has 0 unspecified atom stereocenters. The zero-order chi connectivity index (χ0) is 12.4. The first-order valence-corrected chi connectivity index (χ1v) is 6.56. The molecule has 0 aliphatic rings. The third-order valence-electron chi connectivity index (χ3n) is 1.93. The quantitative estimate of drug-likeness (QED) is 0.829. The van der Waals surface area contributed by atoms with Gasteiger partial charge in [-0.3, -0.25) is 0 Å². The molecular weight excluding hydrogens is 371 g/mol. The minimum Gasteiger partial charge on any atom is -0.436 e. The molecule has 2 rings (SSSR count). The maximum absolute atomic E-state index is 6.02. The molecule has 88 valence electrons. The largest absolute Gasteiger partial charge is 0.436 e. The van der Waals surface area contributed by atoms with Crippen LogP contribution in [0.5, 0.6) is 11.6 Å². The zero-order valence-electron chi connectivity index (χ0n) is 8.45. The summed E-state index contributed by atoms with van der Waals surface area (Å²) in [4.78, 5) is 4.08. The highest BCUT2D eigenvalue weighted by atomic mass is 79.9. The Hall–Kier alpha value is -0.780. The Morgan fingerprint density at radius 3 is 2.71 bits per heavy atom. The number of aromatic nitrogens is 1. The van der Waals surface area contributed by atoms with Crippen molar-refractivity contribution in [3.05, 3.63) is 44.4 Å². The standard InChI is InChI=1S/C11H7Br2ClN2O/c12-6-1-2-9(14)10(3-6)17-11-8(13)4-7(15)5-16-11/h1-5H,15H2. The molecule has 1 aromatic heterocycles. The molecule has 0 atom stereocenters. The number of benzene rings is 1. The molecule has 6 heteroatoms. The second-order valence-corrected chi connectivity index (χ2v) is 5.41. The minimum atomic E-state index is 0.416. The Morgan fingerprint density at radius 2 is 2.00 bits per heavy atom. The summed E-state index contributed by atoms with van der Waals surface area (Å²) in [5.74, 6) is 0.943. The predicted molar refractivity (Wildman–Crippen MR) is 75.6 cm³/mol. The van der Waals surface area contributed by atoms with Gasteiger partial charge in [-0.2, -0.15) is 0 Å². The van der Waals surface area contributed by atoms with Crippen LogP contribution in [0.4, 0.5) is 5.69 Å². The molecule has 17 heavy (non-hydrogen) atoms. The molecule has 0 aliphatic heterocycles. The van der Waals surface area contributed by atoms with Crippen molar-refractivity contribution >= 4 is 49.1 Å². The van der Waals surface area contributed by atoms with Crippen LogP contribution in [-0.2, 0) is 0 Å². The van der Waals surface area contributed by atoms with Crippen LogP contribution < -0.4 is 10.5 Å². The van der Waals surface area contributed by atoms with E-state index in [1.165, 1.54) is 6.20 Å². The maximum Gasteiger partial charge on any atom is 0.233 e. The number of nitrogens with zero attached hydrogens (tertiary/aromatic N) is 1. The van der Waals surface area contributed by atoms with Crippen molar-refractivity contribution in [3.8, 4) is 11.6 Å². The fraction of sp³-hybridized carbons (Fsp3) is 0. The second kappa shape index (κ2) is 5.25. The van der Waals surface area contributed by atoms with Gasteiger partial charge >= 0.3 is 0 Å². The van der Waals surface area contributed by atoms with E-state index < -0.39 is 0 Å². The Kier molecular flexibility index (Phi) is 3.91. The fourth-order valence-electron chi connectivity index (χ4n) is 1.17. The van der Waals surface area contributed by atoms with Gasteiger partial charge in [0.2, 0.25) is 5.88 Å². The molecule has 0 saturated heterocycles. The summed E-state index contributed by atoms with van der Waals surface area (Å²) >= 11 is 12.7. The summed E-state index contributed by atoms with van der Waals surface area (Å²) in [5.41, 5.74) is 6.15. The van der Waals surface area contributed by atoms with Gasteiger partial charge in [0, 0.05) is 4.47 Å².